The molecule has 4 rings (SSSR count). The van der Waals surface area contributed by atoms with Gasteiger partial charge in [-0.1, -0.05) is 0 Å². The second-order valence-corrected chi connectivity index (χ2v) is 5.43. The molecule has 4 aromatic rings. The molecular weight excluding hydrogens is 326 g/mol. The maximum Gasteiger partial charge on any atom is 0.332 e. The largest absolute Gasteiger partial charge is 0.472 e. The van der Waals surface area contributed by atoms with Crippen molar-refractivity contribution < 1.29 is 4.42 Å². The smallest absolute Gasteiger partial charge is 0.332 e. The monoisotopic (exact) mass is 339 g/mol. The van der Waals surface area contributed by atoms with Crippen LogP contribution in [0.25, 0.3) is 22.4 Å². The predicted octanol–water partition coefficient (Wildman–Crippen LogP) is 0.754. The predicted molar refractivity (Wildman–Crippen MR) is 89.6 cm³/mol. The third-order valence-corrected chi connectivity index (χ3v) is 3.85. The first-order chi connectivity index (χ1) is 12.0. The number of aromatic amines is 1. The molecule has 4 aromatic heterocycles. The van der Waals surface area contributed by atoms with Gasteiger partial charge in [-0.25, -0.2) is 14.8 Å². The summed E-state index contributed by atoms with van der Waals surface area (Å²) >= 11 is 0. The summed E-state index contributed by atoms with van der Waals surface area (Å²) < 4.78 is 7.42. The Bertz CT molecular complexity index is 1180. The van der Waals surface area contributed by atoms with Gasteiger partial charge in [-0.3, -0.25) is 19.0 Å². The van der Waals surface area contributed by atoms with E-state index < -0.39 is 11.2 Å². The van der Waals surface area contributed by atoms with Crippen molar-refractivity contribution in [3.63, 3.8) is 0 Å². The normalized spacial score (nSPS) is 11.1. The number of anilines is 2. The highest BCUT2D eigenvalue weighted by atomic mass is 16.3. The highest BCUT2D eigenvalue weighted by molar-refractivity contribution is 5.88. The second kappa shape index (κ2) is 5.44. The van der Waals surface area contributed by atoms with Crippen LogP contribution in [-0.4, -0.2) is 29.3 Å². The molecule has 4 heterocycles. The molecule has 2 N–H and O–H groups in total. The molecular formula is C15H13N7O3. The molecule has 0 saturated heterocycles. The van der Waals surface area contributed by atoms with E-state index in [9.17, 15) is 9.59 Å². The molecule has 10 nitrogen and oxygen atoms in total. The molecule has 0 aliphatic rings. The number of nitrogens with zero attached hydrogens (tertiary/aromatic N) is 5. The van der Waals surface area contributed by atoms with E-state index >= 15 is 0 Å². The first-order valence-electron chi connectivity index (χ1n) is 7.32. The van der Waals surface area contributed by atoms with E-state index in [-0.39, 0.29) is 0 Å². The molecule has 0 spiro atoms. The summed E-state index contributed by atoms with van der Waals surface area (Å²) in [5.41, 5.74) is 0.974. The fourth-order valence-corrected chi connectivity index (χ4v) is 2.43. The van der Waals surface area contributed by atoms with Crippen LogP contribution in [0.4, 0.5) is 11.6 Å². The zero-order valence-electron chi connectivity index (χ0n) is 13.3. The minimum absolute atomic E-state index is 0.306. The number of hydrogen-bond acceptors (Lipinski definition) is 7. The molecule has 0 saturated carbocycles. The number of aromatic nitrogens is 6. The van der Waals surface area contributed by atoms with Crippen LogP contribution in [0.1, 0.15) is 0 Å². The Kier molecular flexibility index (Phi) is 3.24. The van der Waals surface area contributed by atoms with Crippen molar-refractivity contribution in [2.24, 2.45) is 14.1 Å². The first-order valence-corrected chi connectivity index (χ1v) is 7.32. The zero-order valence-corrected chi connectivity index (χ0v) is 13.3. The van der Waals surface area contributed by atoms with E-state index in [4.69, 9.17) is 4.42 Å². The summed E-state index contributed by atoms with van der Waals surface area (Å²) in [6, 6.07) is 3.06. The van der Waals surface area contributed by atoms with Crippen molar-refractivity contribution >= 4 is 22.7 Å². The van der Waals surface area contributed by atoms with Gasteiger partial charge in [0.2, 0.25) is 0 Å². The Balaban J connectivity index is 1.89. The van der Waals surface area contributed by atoms with Gasteiger partial charge >= 0.3 is 5.69 Å². The average Bonchev–Trinajstić information content (AvgIpc) is 3.28. The Morgan fingerprint density at radius 1 is 1.20 bits per heavy atom. The topological polar surface area (TPSA) is 124 Å². The van der Waals surface area contributed by atoms with Crippen molar-refractivity contribution in [3.05, 3.63) is 51.7 Å². The van der Waals surface area contributed by atoms with E-state index in [1.54, 1.807) is 19.3 Å². The fourth-order valence-electron chi connectivity index (χ4n) is 2.43. The van der Waals surface area contributed by atoms with Gasteiger partial charge in [0.15, 0.2) is 11.6 Å². The van der Waals surface area contributed by atoms with Gasteiger partial charge in [0.25, 0.3) is 5.56 Å². The van der Waals surface area contributed by atoms with Crippen LogP contribution in [0.15, 0.2) is 44.9 Å². The molecule has 0 amide bonds. The van der Waals surface area contributed by atoms with Crippen molar-refractivity contribution in [3.8, 4) is 11.4 Å². The van der Waals surface area contributed by atoms with Crippen LogP contribution < -0.4 is 16.6 Å². The quantitative estimate of drug-likeness (QED) is 0.564. The van der Waals surface area contributed by atoms with Crippen molar-refractivity contribution in [1.82, 2.24) is 29.3 Å². The number of nitrogens with one attached hydrogen (secondary N) is 2. The Labute approximate surface area is 139 Å². The molecule has 0 radical (unpaired) electrons. The fraction of sp³-hybridized carbons (Fsp3) is 0.133. The third-order valence-electron chi connectivity index (χ3n) is 3.85. The maximum atomic E-state index is 12.1. The summed E-state index contributed by atoms with van der Waals surface area (Å²) in [5, 5.41) is 9.79. The highest BCUT2D eigenvalue weighted by Crippen LogP contribution is 2.25. The third kappa shape index (κ3) is 2.40. The molecule has 0 atom stereocenters. The van der Waals surface area contributed by atoms with Gasteiger partial charge < -0.3 is 9.73 Å². The van der Waals surface area contributed by atoms with E-state index in [0.29, 0.717) is 34.1 Å². The van der Waals surface area contributed by atoms with E-state index in [1.165, 1.54) is 30.2 Å². The number of rotatable bonds is 3. The molecule has 0 aromatic carbocycles. The summed E-state index contributed by atoms with van der Waals surface area (Å²) in [6.45, 7) is 0. The SMILES string of the molecule is Cn1c(Nc2nc(-c3ccoc3)nc3cn[nH]c23)cc(=O)n(C)c1=O. The van der Waals surface area contributed by atoms with Crippen molar-refractivity contribution in [1.29, 1.82) is 0 Å². The van der Waals surface area contributed by atoms with Crippen molar-refractivity contribution in [2.45, 2.75) is 0 Å². The molecule has 126 valence electrons. The molecule has 0 aliphatic carbocycles. The number of hydrogen-bond donors (Lipinski definition) is 2. The molecule has 10 heteroatoms. The molecule has 0 bridgehead atoms. The van der Waals surface area contributed by atoms with Gasteiger partial charge in [0.05, 0.1) is 18.0 Å². The van der Waals surface area contributed by atoms with Crippen LogP contribution in [0.5, 0.6) is 0 Å². The lowest BCUT2D eigenvalue weighted by Crippen LogP contribution is -2.37. The van der Waals surface area contributed by atoms with Gasteiger partial charge in [-0.15, -0.1) is 0 Å². The second-order valence-electron chi connectivity index (χ2n) is 5.43. The van der Waals surface area contributed by atoms with E-state index in [2.05, 4.69) is 25.5 Å². The van der Waals surface area contributed by atoms with Crippen LogP contribution in [0.3, 0.4) is 0 Å². The van der Waals surface area contributed by atoms with Crippen LogP contribution in [0, 0.1) is 0 Å². The van der Waals surface area contributed by atoms with Crippen LogP contribution >= 0.6 is 0 Å². The van der Waals surface area contributed by atoms with Crippen LogP contribution in [-0.2, 0) is 14.1 Å². The number of furan rings is 1. The summed E-state index contributed by atoms with van der Waals surface area (Å²) in [4.78, 5) is 32.9. The van der Waals surface area contributed by atoms with Gasteiger partial charge in [-0.2, -0.15) is 5.10 Å². The summed E-state index contributed by atoms with van der Waals surface area (Å²) in [5.74, 6) is 1.13. The molecule has 25 heavy (non-hydrogen) atoms. The maximum absolute atomic E-state index is 12.1. The number of fused-ring (bicyclic) bond motifs is 1. The average molecular weight is 339 g/mol. The Hall–Kier alpha value is -3.69. The highest BCUT2D eigenvalue weighted by Gasteiger charge is 2.14. The van der Waals surface area contributed by atoms with E-state index in [0.717, 1.165) is 4.57 Å². The van der Waals surface area contributed by atoms with Gasteiger partial charge in [-0.05, 0) is 6.07 Å². The zero-order chi connectivity index (χ0) is 17.6. The molecule has 0 fully saturated rings. The van der Waals surface area contributed by atoms with Crippen LogP contribution in [0.2, 0.25) is 0 Å². The lowest BCUT2D eigenvalue weighted by Gasteiger charge is -2.12. The van der Waals surface area contributed by atoms with Gasteiger partial charge in [0, 0.05) is 20.2 Å². The minimum atomic E-state index is -0.444. The Morgan fingerprint density at radius 2 is 2.04 bits per heavy atom. The lowest BCUT2D eigenvalue weighted by molar-refractivity contribution is 0.568. The lowest BCUT2D eigenvalue weighted by atomic mass is 10.3. The summed E-state index contributed by atoms with van der Waals surface area (Å²) in [7, 11) is 2.98. The Morgan fingerprint density at radius 3 is 2.80 bits per heavy atom. The molecule has 0 unspecified atom stereocenters. The number of H-pyrrole nitrogens is 1. The first kappa shape index (κ1) is 14.9. The van der Waals surface area contributed by atoms with Crippen molar-refractivity contribution in [2.75, 3.05) is 5.32 Å². The standard InChI is InChI=1S/C15H13N7O3/c1-21-10(5-11(23)22(2)15(21)24)18-14-12-9(6-16-20-12)17-13(19-14)8-3-4-25-7-8/h3-7H,1-2H3,(H,16,20)(H,17,18,19). The van der Waals surface area contributed by atoms with E-state index in [1.807, 2.05) is 0 Å². The molecule has 0 aliphatic heterocycles. The summed E-state index contributed by atoms with van der Waals surface area (Å²) in [6.07, 6.45) is 4.61. The minimum Gasteiger partial charge on any atom is -0.472 e. The van der Waals surface area contributed by atoms with Gasteiger partial charge in [0.1, 0.15) is 23.1 Å².